The van der Waals surface area contributed by atoms with Crippen LogP contribution < -0.4 is 4.90 Å². The first-order valence-electron chi connectivity index (χ1n) is 5.25. The Morgan fingerprint density at radius 2 is 1.86 bits per heavy atom. The summed E-state index contributed by atoms with van der Waals surface area (Å²) >= 11 is 0. The largest absolute Gasteiger partial charge is 0.356 e. The monoisotopic (exact) mass is 193 g/mol. The van der Waals surface area contributed by atoms with Crippen molar-refractivity contribution in [3.05, 3.63) is 18.1 Å². The second kappa shape index (κ2) is 4.94. The zero-order valence-corrected chi connectivity index (χ0v) is 9.49. The van der Waals surface area contributed by atoms with Crippen LogP contribution in [0.3, 0.4) is 0 Å². The van der Waals surface area contributed by atoms with Gasteiger partial charge >= 0.3 is 0 Å². The lowest BCUT2D eigenvalue weighted by molar-refractivity contribution is 0.782. The molecule has 1 rings (SSSR count). The summed E-state index contributed by atoms with van der Waals surface area (Å²) < 4.78 is 0. The van der Waals surface area contributed by atoms with Gasteiger partial charge in [0.15, 0.2) is 0 Å². The van der Waals surface area contributed by atoms with E-state index in [1.54, 1.807) is 0 Å². The predicted molar refractivity (Wildman–Crippen MR) is 59.7 cm³/mol. The van der Waals surface area contributed by atoms with E-state index in [1.165, 1.54) is 0 Å². The molecule has 0 saturated carbocycles. The minimum atomic E-state index is 0.443. The summed E-state index contributed by atoms with van der Waals surface area (Å²) in [5.41, 5.74) is 1.06. The zero-order chi connectivity index (χ0) is 10.6. The summed E-state index contributed by atoms with van der Waals surface area (Å²) in [6.07, 6.45) is 3.68. The minimum Gasteiger partial charge on any atom is -0.356 e. The first-order chi connectivity index (χ1) is 6.69. The van der Waals surface area contributed by atoms with Crippen LogP contribution in [0.2, 0.25) is 0 Å². The molecule has 0 atom stereocenters. The van der Waals surface area contributed by atoms with E-state index in [4.69, 9.17) is 0 Å². The topological polar surface area (TPSA) is 29.0 Å². The molecule has 1 aromatic rings. The molecule has 14 heavy (non-hydrogen) atoms. The van der Waals surface area contributed by atoms with E-state index in [1.807, 2.05) is 12.4 Å². The molecule has 78 valence electrons. The van der Waals surface area contributed by atoms with Crippen molar-refractivity contribution in [3.63, 3.8) is 0 Å². The van der Waals surface area contributed by atoms with Crippen molar-refractivity contribution in [2.24, 2.45) is 0 Å². The van der Waals surface area contributed by atoms with Crippen LogP contribution >= 0.6 is 0 Å². The molecular formula is C11H19N3. The van der Waals surface area contributed by atoms with E-state index in [0.29, 0.717) is 5.92 Å². The van der Waals surface area contributed by atoms with E-state index in [9.17, 15) is 0 Å². The van der Waals surface area contributed by atoms with Gasteiger partial charge in [-0.15, -0.1) is 0 Å². The Kier molecular flexibility index (Phi) is 3.86. The maximum atomic E-state index is 4.58. The Morgan fingerprint density at radius 3 is 2.36 bits per heavy atom. The van der Waals surface area contributed by atoms with Crippen LogP contribution in [0, 0.1) is 0 Å². The summed E-state index contributed by atoms with van der Waals surface area (Å²) in [7, 11) is 0. The lowest BCUT2D eigenvalue weighted by atomic mass is 10.1. The maximum absolute atomic E-state index is 4.58. The summed E-state index contributed by atoms with van der Waals surface area (Å²) in [6, 6.07) is 0. The second-order valence-corrected chi connectivity index (χ2v) is 3.63. The number of rotatable bonds is 4. The first kappa shape index (κ1) is 11.0. The van der Waals surface area contributed by atoms with Crippen LogP contribution in [0.15, 0.2) is 12.4 Å². The van der Waals surface area contributed by atoms with Crippen LogP contribution in [0.4, 0.5) is 5.82 Å². The lowest BCUT2D eigenvalue weighted by Crippen LogP contribution is -2.23. The van der Waals surface area contributed by atoms with Crippen molar-refractivity contribution < 1.29 is 0 Å². The number of anilines is 1. The average molecular weight is 193 g/mol. The van der Waals surface area contributed by atoms with Crippen LogP contribution in [0.25, 0.3) is 0 Å². The molecule has 0 aliphatic rings. The second-order valence-electron chi connectivity index (χ2n) is 3.63. The summed E-state index contributed by atoms with van der Waals surface area (Å²) in [5.74, 6) is 1.43. The molecule has 3 nitrogen and oxygen atoms in total. The number of nitrogens with zero attached hydrogens (tertiary/aromatic N) is 3. The molecule has 0 fully saturated rings. The molecule has 1 heterocycles. The fourth-order valence-electron chi connectivity index (χ4n) is 1.35. The minimum absolute atomic E-state index is 0.443. The molecule has 0 aromatic carbocycles. The van der Waals surface area contributed by atoms with Crippen LogP contribution in [-0.2, 0) is 0 Å². The fraction of sp³-hybridized carbons (Fsp3) is 0.636. The molecule has 0 aliphatic carbocycles. The van der Waals surface area contributed by atoms with Gasteiger partial charge in [0.1, 0.15) is 5.82 Å². The van der Waals surface area contributed by atoms with Crippen molar-refractivity contribution in [2.75, 3.05) is 18.0 Å². The van der Waals surface area contributed by atoms with Gasteiger partial charge in [-0.1, -0.05) is 13.8 Å². The standard InChI is InChI=1S/C11H19N3/c1-5-14(6-2)11-8-12-7-10(13-11)9(3)4/h7-9H,5-6H2,1-4H3. The molecular weight excluding hydrogens is 174 g/mol. The predicted octanol–water partition coefficient (Wildman–Crippen LogP) is 2.45. The van der Waals surface area contributed by atoms with Gasteiger partial charge in [0.2, 0.25) is 0 Å². The van der Waals surface area contributed by atoms with Gasteiger partial charge < -0.3 is 4.90 Å². The molecule has 0 aliphatic heterocycles. The maximum Gasteiger partial charge on any atom is 0.147 e. The summed E-state index contributed by atoms with van der Waals surface area (Å²) in [6.45, 7) is 10.5. The van der Waals surface area contributed by atoms with Crippen molar-refractivity contribution in [2.45, 2.75) is 33.6 Å². The Bertz CT molecular complexity index is 280. The molecule has 0 radical (unpaired) electrons. The van der Waals surface area contributed by atoms with E-state index < -0.39 is 0 Å². The molecule has 0 N–H and O–H groups in total. The summed E-state index contributed by atoms with van der Waals surface area (Å²) in [4.78, 5) is 11.0. The van der Waals surface area contributed by atoms with Gasteiger partial charge in [0, 0.05) is 19.3 Å². The van der Waals surface area contributed by atoms with Crippen LogP contribution in [-0.4, -0.2) is 23.1 Å². The van der Waals surface area contributed by atoms with Crippen molar-refractivity contribution in [1.82, 2.24) is 9.97 Å². The van der Waals surface area contributed by atoms with Crippen molar-refractivity contribution >= 4 is 5.82 Å². The normalized spacial score (nSPS) is 10.6. The van der Waals surface area contributed by atoms with Crippen molar-refractivity contribution in [3.8, 4) is 0 Å². The third-order valence-corrected chi connectivity index (χ3v) is 2.32. The SMILES string of the molecule is CCN(CC)c1cncc(C(C)C)n1. The number of hydrogen-bond donors (Lipinski definition) is 0. The number of aromatic nitrogens is 2. The third kappa shape index (κ3) is 2.44. The molecule has 3 heteroatoms. The van der Waals surface area contributed by atoms with Gasteiger partial charge in [-0.25, -0.2) is 4.98 Å². The van der Waals surface area contributed by atoms with Gasteiger partial charge in [-0.3, -0.25) is 4.98 Å². The van der Waals surface area contributed by atoms with E-state index >= 15 is 0 Å². The zero-order valence-electron chi connectivity index (χ0n) is 9.49. The Hall–Kier alpha value is -1.12. The quantitative estimate of drug-likeness (QED) is 0.735. The number of hydrogen-bond acceptors (Lipinski definition) is 3. The highest BCUT2D eigenvalue weighted by Crippen LogP contribution is 2.14. The van der Waals surface area contributed by atoms with Crippen molar-refractivity contribution in [1.29, 1.82) is 0 Å². The highest BCUT2D eigenvalue weighted by atomic mass is 15.2. The van der Waals surface area contributed by atoms with Crippen LogP contribution in [0.1, 0.15) is 39.3 Å². The van der Waals surface area contributed by atoms with Gasteiger partial charge in [-0.2, -0.15) is 0 Å². The lowest BCUT2D eigenvalue weighted by Gasteiger charge is -2.20. The molecule has 0 spiro atoms. The molecule has 0 amide bonds. The van der Waals surface area contributed by atoms with Gasteiger partial charge in [-0.05, 0) is 19.8 Å². The Labute approximate surface area is 86.2 Å². The smallest absolute Gasteiger partial charge is 0.147 e. The average Bonchev–Trinajstić information content (AvgIpc) is 2.20. The molecule has 0 bridgehead atoms. The van der Waals surface area contributed by atoms with Gasteiger partial charge in [0.25, 0.3) is 0 Å². The molecule has 0 saturated heterocycles. The van der Waals surface area contributed by atoms with Gasteiger partial charge in [0.05, 0.1) is 11.9 Å². The van der Waals surface area contributed by atoms with E-state index in [-0.39, 0.29) is 0 Å². The fourth-order valence-corrected chi connectivity index (χ4v) is 1.35. The highest BCUT2D eigenvalue weighted by Gasteiger charge is 2.06. The van der Waals surface area contributed by atoms with E-state index in [0.717, 1.165) is 24.6 Å². The third-order valence-electron chi connectivity index (χ3n) is 2.32. The Morgan fingerprint density at radius 1 is 1.21 bits per heavy atom. The highest BCUT2D eigenvalue weighted by molar-refractivity contribution is 5.36. The molecule has 1 aromatic heterocycles. The van der Waals surface area contributed by atoms with Crippen LogP contribution in [0.5, 0.6) is 0 Å². The summed E-state index contributed by atoms with van der Waals surface area (Å²) in [5, 5.41) is 0. The first-order valence-corrected chi connectivity index (χ1v) is 5.25. The van der Waals surface area contributed by atoms with E-state index in [2.05, 4.69) is 42.6 Å². The Balaban J connectivity index is 2.92. The molecule has 0 unspecified atom stereocenters.